The molecule has 0 unspecified atom stereocenters. The summed E-state index contributed by atoms with van der Waals surface area (Å²) < 4.78 is 11.3. The standard InChI is InChI=1S/C14H12NO2.3C4H9.Sn/c16-14(15-13-9-5-2-6-10-13)17-11-12-7-3-1-4-8-12;3*1-3-4-2;/h1,3-10H,11H2,(H,15,16);3*1,3-4H2,2H3;. The molecule has 0 atom stereocenters. The van der Waals surface area contributed by atoms with E-state index in [4.69, 9.17) is 4.74 Å². The van der Waals surface area contributed by atoms with Crippen LogP contribution >= 0.6 is 0 Å². The van der Waals surface area contributed by atoms with Gasteiger partial charge >= 0.3 is 188 Å². The molecule has 0 aliphatic carbocycles. The number of hydrogen-bond donors (Lipinski definition) is 1. The van der Waals surface area contributed by atoms with Crippen LogP contribution in [0.3, 0.4) is 0 Å². The van der Waals surface area contributed by atoms with E-state index in [1.54, 1.807) is 3.58 Å². The molecule has 0 saturated heterocycles. The first-order valence-electron chi connectivity index (χ1n) is 11.7. The number of rotatable bonds is 13. The van der Waals surface area contributed by atoms with Crippen molar-refractivity contribution in [1.29, 1.82) is 0 Å². The van der Waals surface area contributed by atoms with Crippen LogP contribution in [-0.4, -0.2) is 24.5 Å². The number of carbonyl (C=O) groups excluding carboxylic acids is 1. The molecule has 0 aliphatic rings. The monoisotopic (exact) mass is 517 g/mol. The van der Waals surface area contributed by atoms with E-state index in [0.717, 1.165) is 11.3 Å². The molecule has 30 heavy (non-hydrogen) atoms. The van der Waals surface area contributed by atoms with Crippen molar-refractivity contribution in [3.63, 3.8) is 0 Å². The summed E-state index contributed by atoms with van der Waals surface area (Å²) in [7, 11) is 0. The van der Waals surface area contributed by atoms with Gasteiger partial charge in [-0.25, -0.2) is 0 Å². The molecule has 2 aromatic carbocycles. The SMILES string of the molecule is CCC[CH2][Sn]([CH2]CCC)([CH2]CCC)[c]1ccc(NC(=O)OCc2ccccc2)cc1. The first-order valence-corrected chi connectivity index (χ1v) is 19.2. The van der Waals surface area contributed by atoms with Crippen molar-refractivity contribution in [3.8, 4) is 0 Å². The van der Waals surface area contributed by atoms with Gasteiger partial charge < -0.3 is 0 Å². The van der Waals surface area contributed by atoms with Gasteiger partial charge in [0.1, 0.15) is 0 Å². The van der Waals surface area contributed by atoms with Crippen molar-refractivity contribution in [2.45, 2.75) is 79.2 Å². The molecule has 1 N–H and O–H groups in total. The Bertz CT molecular complexity index is 709. The van der Waals surface area contributed by atoms with Gasteiger partial charge in [-0.2, -0.15) is 0 Å². The van der Waals surface area contributed by atoms with E-state index in [2.05, 4.69) is 50.4 Å². The second-order valence-corrected chi connectivity index (χ2v) is 21.6. The molecule has 0 fully saturated rings. The summed E-state index contributed by atoms with van der Waals surface area (Å²) in [5.74, 6) is 0. The summed E-state index contributed by atoms with van der Waals surface area (Å²) >= 11 is -2.40. The minimum atomic E-state index is -2.40. The predicted octanol–water partition coefficient (Wildman–Crippen LogP) is 7.49. The van der Waals surface area contributed by atoms with E-state index in [0.29, 0.717) is 0 Å². The Morgan fingerprint density at radius 3 is 1.83 bits per heavy atom. The molecule has 0 spiro atoms. The van der Waals surface area contributed by atoms with Crippen LogP contribution in [0.1, 0.15) is 64.9 Å². The first-order chi connectivity index (χ1) is 14.6. The summed E-state index contributed by atoms with van der Waals surface area (Å²) in [5, 5.41) is 2.88. The molecular weight excluding hydrogens is 477 g/mol. The van der Waals surface area contributed by atoms with E-state index in [1.807, 2.05) is 30.3 Å². The van der Waals surface area contributed by atoms with E-state index >= 15 is 0 Å². The quantitative estimate of drug-likeness (QED) is 0.280. The Balaban J connectivity index is 2.05. The van der Waals surface area contributed by atoms with Crippen LogP contribution in [0.5, 0.6) is 0 Å². The maximum atomic E-state index is 12.2. The van der Waals surface area contributed by atoms with Gasteiger partial charge in [-0.05, 0) is 0 Å². The number of benzene rings is 2. The Morgan fingerprint density at radius 1 is 0.800 bits per heavy atom. The average Bonchev–Trinajstić information content (AvgIpc) is 2.79. The fourth-order valence-electron chi connectivity index (χ4n) is 4.14. The Hall–Kier alpha value is -1.49. The molecule has 0 heterocycles. The van der Waals surface area contributed by atoms with Gasteiger partial charge in [0.05, 0.1) is 0 Å². The molecule has 164 valence electrons. The minimum absolute atomic E-state index is 0.287. The predicted molar refractivity (Wildman–Crippen MR) is 131 cm³/mol. The summed E-state index contributed by atoms with van der Waals surface area (Å²) in [6, 6.07) is 18.5. The summed E-state index contributed by atoms with van der Waals surface area (Å²) in [5.41, 5.74) is 1.81. The molecule has 0 radical (unpaired) electrons. The fraction of sp³-hybridized carbons (Fsp3) is 0.500. The number of amides is 1. The van der Waals surface area contributed by atoms with Crippen molar-refractivity contribution in [2.24, 2.45) is 0 Å². The average molecular weight is 516 g/mol. The van der Waals surface area contributed by atoms with E-state index < -0.39 is 24.5 Å². The van der Waals surface area contributed by atoms with Crippen LogP contribution in [0, 0.1) is 0 Å². The van der Waals surface area contributed by atoms with Crippen molar-refractivity contribution in [3.05, 3.63) is 60.2 Å². The van der Waals surface area contributed by atoms with Crippen molar-refractivity contribution < 1.29 is 9.53 Å². The third kappa shape index (κ3) is 7.97. The van der Waals surface area contributed by atoms with E-state index in [-0.39, 0.29) is 6.61 Å². The number of nitrogens with one attached hydrogen (secondary N) is 1. The summed E-state index contributed by atoms with van der Waals surface area (Å²) in [6.45, 7) is 7.22. The van der Waals surface area contributed by atoms with Crippen LogP contribution in [0.2, 0.25) is 13.3 Å². The molecule has 4 heteroatoms. The zero-order valence-electron chi connectivity index (χ0n) is 19.1. The van der Waals surface area contributed by atoms with Crippen LogP contribution in [0.25, 0.3) is 0 Å². The van der Waals surface area contributed by atoms with Gasteiger partial charge in [0.25, 0.3) is 0 Å². The zero-order valence-corrected chi connectivity index (χ0v) is 21.9. The van der Waals surface area contributed by atoms with Crippen molar-refractivity contribution in [1.82, 2.24) is 0 Å². The summed E-state index contributed by atoms with van der Waals surface area (Å²) in [6.07, 6.45) is 7.52. The molecule has 3 nitrogen and oxygen atoms in total. The molecule has 0 bridgehead atoms. The van der Waals surface area contributed by atoms with Crippen molar-refractivity contribution >= 4 is 33.7 Å². The number of hydrogen-bond acceptors (Lipinski definition) is 2. The first kappa shape index (κ1) is 24.8. The molecule has 0 aromatic heterocycles. The normalized spacial score (nSPS) is 11.3. The van der Waals surface area contributed by atoms with E-state index in [9.17, 15) is 4.79 Å². The molecule has 1 amide bonds. The van der Waals surface area contributed by atoms with Gasteiger partial charge in [-0.15, -0.1) is 0 Å². The van der Waals surface area contributed by atoms with E-state index in [1.165, 1.54) is 51.8 Å². The van der Waals surface area contributed by atoms with Gasteiger partial charge in [0, 0.05) is 0 Å². The Morgan fingerprint density at radius 2 is 1.33 bits per heavy atom. The van der Waals surface area contributed by atoms with Crippen LogP contribution in [0.4, 0.5) is 10.5 Å². The Kier molecular flexibility index (Phi) is 11.3. The topological polar surface area (TPSA) is 38.3 Å². The maximum absolute atomic E-state index is 12.2. The van der Waals surface area contributed by atoms with Gasteiger partial charge in [0.15, 0.2) is 0 Å². The second kappa shape index (κ2) is 13.7. The van der Waals surface area contributed by atoms with Crippen molar-refractivity contribution in [2.75, 3.05) is 5.32 Å². The van der Waals surface area contributed by atoms with Gasteiger partial charge in [-0.1, -0.05) is 0 Å². The van der Waals surface area contributed by atoms with Gasteiger partial charge in [-0.3, -0.25) is 0 Å². The van der Waals surface area contributed by atoms with Crippen LogP contribution in [-0.2, 0) is 11.3 Å². The third-order valence-electron chi connectivity index (χ3n) is 5.98. The van der Waals surface area contributed by atoms with Crippen LogP contribution in [0.15, 0.2) is 54.6 Å². The Labute approximate surface area is 187 Å². The number of ether oxygens (including phenoxy) is 1. The molecule has 2 aromatic rings. The van der Waals surface area contributed by atoms with Crippen LogP contribution < -0.4 is 8.90 Å². The molecule has 2 rings (SSSR count). The number of carbonyl (C=O) groups is 1. The fourth-order valence-corrected chi connectivity index (χ4v) is 20.1. The number of unbranched alkanes of at least 4 members (excludes halogenated alkanes) is 3. The number of anilines is 1. The molecular formula is C26H39NO2Sn. The summed E-state index contributed by atoms with van der Waals surface area (Å²) in [4.78, 5) is 12.2. The second-order valence-electron chi connectivity index (χ2n) is 8.36. The molecule has 0 saturated carbocycles. The molecule has 0 aliphatic heterocycles. The third-order valence-corrected chi connectivity index (χ3v) is 21.7. The van der Waals surface area contributed by atoms with Gasteiger partial charge in [0.2, 0.25) is 0 Å². The zero-order chi connectivity index (χ0) is 21.7.